The maximum absolute atomic E-state index is 13.9. The SMILES string of the molecule is CCNCc1cccc(F)c1Oc1ccc(C)nc1. The second-order valence-electron chi connectivity index (χ2n) is 4.25. The van der Waals surface area contributed by atoms with E-state index >= 15 is 0 Å². The molecule has 0 unspecified atom stereocenters. The standard InChI is InChI=1S/C15H17FN2O/c1-3-17-9-12-5-4-6-14(16)15(12)19-13-8-7-11(2)18-10-13/h4-8,10,17H,3,9H2,1-2H3. The molecule has 0 aliphatic rings. The first-order valence-corrected chi connectivity index (χ1v) is 6.29. The topological polar surface area (TPSA) is 34.1 Å². The third-order valence-electron chi connectivity index (χ3n) is 2.72. The first kappa shape index (κ1) is 13.5. The third-order valence-corrected chi connectivity index (χ3v) is 2.72. The van der Waals surface area contributed by atoms with Crippen molar-refractivity contribution >= 4 is 0 Å². The quantitative estimate of drug-likeness (QED) is 0.894. The summed E-state index contributed by atoms with van der Waals surface area (Å²) in [5, 5.41) is 3.16. The lowest BCUT2D eigenvalue weighted by Gasteiger charge is -2.12. The normalized spacial score (nSPS) is 10.5. The summed E-state index contributed by atoms with van der Waals surface area (Å²) in [5.74, 6) is 0.429. The Balaban J connectivity index is 2.25. The molecule has 0 saturated heterocycles. The molecule has 1 aromatic carbocycles. The Labute approximate surface area is 112 Å². The average molecular weight is 260 g/mol. The van der Waals surface area contributed by atoms with Gasteiger partial charge in [0.25, 0.3) is 0 Å². The molecule has 2 aromatic rings. The minimum absolute atomic E-state index is 0.258. The summed E-state index contributed by atoms with van der Waals surface area (Å²) in [4.78, 5) is 4.13. The second-order valence-corrected chi connectivity index (χ2v) is 4.25. The number of ether oxygens (including phenoxy) is 1. The molecular formula is C15H17FN2O. The minimum Gasteiger partial charge on any atom is -0.452 e. The van der Waals surface area contributed by atoms with E-state index in [1.54, 1.807) is 18.3 Å². The zero-order valence-corrected chi connectivity index (χ0v) is 11.1. The van der Waals surface area contributed by atoms with Crippen LogP contribution in [0.2, 0.25) is 0 Å². The number of benzene rings is 1. The molecule has 0 radical (unpaired) electrons. The number of nitrogens with one attached hydrogen (secondary N) is 1. The van der Waals surface area contributed by atoms with Gasteiger partial charge < -0.3 is 10.1 Å². The van der Waals surface area contributed by atoms with Crippen molar-refractivity contribution in [2.45, 2.75) is 20.4 Å². The number of para-hydroxylation sites is 1. The molecule has 2 rings (SSSR count). The van der Waals surface area contributed by atoms with Crippen molar-refractivity contribution < 1.29 is 9.13 Å². The lowest BCUT2D eigenvalue weighted by Crippen LogP contribution is -2.12. The van der Waals surface area contributed by atoms with Gasteiger partial charge in [-0.05, 0) is 31.7 Å². The van der Waals surface area contributed by atoms with Crippen LogP contribution in [-0.4, -0.2) is 11.5 Å². The molecule has 0 amide bonds. The molecular weight excluding hydrogens is 243 g/mol. The number of hydrogen-bond donors (Lipinski definition) is 1. The molecule has 100 valence electrons. The van der Waals surface area contributed by atoms with Gasteiger partial charge >= 0.3 is 0 Å². The van der Waals surface area contributed by atoms with Crippen LogP contribution in [-0.2, 0) is 6.54 Å². The van der Waals surface area contributed by atoms with Crippen molar-refractivity contribution in [2.24, 2.45) is 0 Å². The van der Waals surface area contributed by atoms with Gasteiger partial charge in [0.05, 0.1) is 6.20 Å². The van der Waals surface area contributed by atoms with E-state index in [-0.39, 0.29) is 11.6 Å². The molecule has 0 spiro atoms. The van der Waals surface area contributed by atoms with Crippen molar-refractivity contribution in [1.29, 1.82) is 0 Å². The Morgan fingerprint density at radius 1 is 1.26 bits per heavy atom. The van der Waals surface area contributed by atoms with Crippen LogP contribution in [0.15, 0.2) is 36.5 Å². The van der Waals surface area contributed by atoms with Crippen LogP contribution in [0.25, 0.3) is 0 Å². The molecule has 1 aromatic heterocycles. The highest BCUT2D eigenvalue weighted by molar-refractivity contribution is 5.38. The molecule has 4 heteroatoms. The molecule has 0 aliphatic carbocycles. The highest BCUT2D eigenvalue weighted by Crippen LogP contribution is 2.28. The number of halogens is 1. The molecule has 0 saturated carbocycles. The number of aromatic nitrogens is 1. The van der Waals surface area contributed by atoms with Gasteiger partial charge in [-0.2, -0.15) is 0 Å². The number of rotatable bonds is 5. The number of pyridine rings is 1. The summed E-state index contributed by atoms with van der Waals surface area (Å²) < 4.78 is 19.5. The summed E-state index contributed by atoms with van der Waals surface area (Å²) in [6.07, 6.45) is 1.60. The van der Waals surface area contributed by atoms with Gasteiger partial charge in [-0.25, -0.2) is 4.39 Å². The highest BCUT2D eigenvalue weighted by Gasteiger charge is 2.10. The first-order valence-electron chi connectivity index (χ1n) is 6.29. The third kappa shape index (κ3) is 3.51. The molecule has 0 fully saturated rings. The van der Waals surface area contributed by atoms with Crippen molar-refractivity contribution in [3.8, 4) is 11.5 Å². The van der Waals surface area contributed by atoms with E-state index in [1.165, 1.54) is 6.07 Å². The lowest BCUT2D eigenvalue weighted by molar-refractivity contribution is 0.432. The van der Waals surface area contributed by atoms with Gasteiger partial charge in [-0.15, -0.1) is 0 Å². The lowest BCUT2D eigenvalue weighted by atomic mass is 10.2. The number of nitrogens with zero attached hydrogens (tertiary/aromatic N) is 1. The van der Waals surface area contributed by atoms with E-state index in [2.05, 4.69) is 10.3 Å². The molecule has 1 heterocycles. The number of aryl methyl sites for hydroxylation is 1. The Bertz CT molecular complexity index is 540. The van der Waals surface area contributed by atoms with E-state index in [4.69, 9.17) is 4.74 Å². The van der Waals surface area contributed by atoms with Crippen LogP contribution in [0.5, 0.6) is 11.5 Å². The fourth-order valence-corrected chi connectivity index (χ4v) is 1.70. The predicted octanol–water partition coefficient (Wildman–Crippen LogP) is 3.43. The average Bonchev–Trinajstić information content (AvgIpc) is 2.42. The van der Waals surface area contributed by atoms with Gasteiger partial charge in [0.1, 0.15) is 5.75 Å². The van der Waals surface area contributed by atoms with E-state index in [0.717, 1.165) is 17.8 Å². The molecule has 19 heavy (non-hydrogen) atoms. The second kappa shape index (κ2) is 6.29. The van der Waals surface area contributed by atoms with Gasteiger partial charge in [0.15, 0.2) is 11.6 Å². The summed E-state index contributed by atoms with van der Waals surface area (Å²) in [7, 11) is 0. The zero-order chi connectivity index (χ0) is 13.7. The van der Waals surface area contributed by atoms with E-state index in [0.29, 0.717) is 12.3 Å². The van der Waals surface area contributed by atoms with Gasteiger partial charge in [-0.3, -0.25) is 4.98 Å². The van der Waals surface area contributed by atoms with Crippen LogP contribution < -0.4 is 10.1 Å². The van der Waals surface area contributed by atoms with Crippen LogP contribution in [0.1, 0.15) is 18.2 Å². The molecule has 3 nitrogen and oxygen atoms in total. The first-order chi connectivity index (χ1) is 9.20. The van der Waals surface area contributed by atoms with E-state index in [1.807, 2.05) is 26.0 Å². The van der Waals surface area contributed by atoms with Crippen LogP contribution >= 0.6 is 0 Å². The van der Waals surface area contributed by atoms with Crippen LogP contribution in [0, 0.1) is 12.7 Å². The smallest absolute Gasteiger partial charge is 0.167 e. The van der Waals surface area contributed by atoms with Gasteiger partial charge in [0.2, 0.25) is 0 Å². The zero-order valence-electron chi connectivity index (χ0n) is 11.1. The fourth-order valence-electron chi connectivity index (χ4n) is 1.70. The molecule has 0 bridgehead atoms. The van der Waals surface area contributed by atoms with E-state index in [9.17, 15) is 4.39 Å². The monoisotopic (exact) mass is 260 g/mol. The highest BCUT2D eigenvalue weighted by atomic mass is 19.1. The van der Waals surface area contributed by atoms with E-state index < -0.39 is 0 Å². The van der Waals surface area contributed by atoms with Crippen molar-refractivity contribution in [1.82, 2.24) is 10.3 Å². The van der Waals surface area contributed by atoms with Crippen molar-refractivity contribution in [3.63, 3.8) is 0 Å². The summed E-state index contributed by atoms with van der Waals surface area (Å²) in [6, 6.07) is 8.54. The summed E-state index contributed by atoms with van der Waals surface area (Å²) in [6.45, 7) is 5.29. The number of hydrogen-bond acceptors (Lipinski definition) is 3. The van der Waals surface area contributed by atoms with Gasteiger partial charge in [0, 0.05) is 17.8 Å². The summed E-state index contributed by atoms with van der Waals surface area (Å²) in [5.41, 5.74) is 1.69. The Kier molecular flexibility index (Phi) is 4.47. The summed E-state index contributed by atoms with van der Waals surface area (Å²) >= 11 is 0. The molecule has 1 N–H and O–H groups in total. The van der Waals surface area contributed by atoms with Crippen molar-refractivity contribution in [3.05, 3.63) is 53.6 Å². The fraction of sp³-hybridized carbons (Fsp3) is 0.267. The predicted molar refractivity (Wildman–Crippen MR) is 72.8 cm³/mol. The van der Waals surface area contributed by atoms with Gasteiger partial charge in [-0.1, -0.05) is 19.1 Å². The van der Waals surface area contributed by atoms with Crippen LogP contribution in [0.4, 0.5) is 4.39 Å². The minimum atomic E-state index is -0.365. The molecule has 0 atom stereocenters. The van der Waals surface area contributed by atoms with Crippen LogP contribution in [0.3, 0.4) is 0 Å². The molecule has 0 aliphatic heterocycles. The van der Waals surface area contributed by atoms with Crippen molar-refractivity contribution in [2.75, 3.05) is 6.54 Å². The Morgan fingerprint density at radius 3 is 2.79 bits per heavy atom. The largest absolute Gasteiger partial charge is 0.452 e. The maximum atomic E-state index is 13.9. The Morgan fingerprint density at radius 2 is 2.11 bits per heavy atom. The Hall–Kier alpha value is -1.94. The maximum Gasteiger partial charge on any atom is 0.167 e.